The molecule has 0 fully saturated rings. The Kier molecular flexibility index (Phi) is 5.37. The van der Waals surface area contributed by atoms with Crippen molar-refractivity contribution in [2.45, 2.75) is 31.2 Å². The number of carbonyl (C=O) groups excluding carboxylic acids is 1. The van der Waals surface area contributed by atoms with Crippen LogP contribution in [0.3, 0.4) is 0 Å². The quantitative estimate of drug-likeness (QED) is 0.663. The molecular weight excluding hydrogens is 353 g/mol. The number of amides is 1. The standard InChI is InChI=1S/C19H18FN3O2S/c1-11-7-6-8-12(2)16(11)21-17(24)13(3)26-19-23-22-18(25-19)14-9-4-5-10-15(14)20/h4-10,13H,1-3H3,(H,21,24)/t13-/m0/s1. The van der Waals surface area contributed by atoms with Gasteiger partial charge in [-0.15, -0.1) is 10.2 Å². The second-order valence-electron chi connectivity index (χ2n) is 5.87. The minimum atomic E-state index is -0.456. The fourth-order valence-electron chi connectivity index (χ4n) is 2.44. The molecule has 0 spiro atoms. The zero-order chi connectivity index (χ0) is 18.7. The van der Waals surface area contributed by atoms with E-state index in [2.05, 4.69) is 15.5 Å². The number of aromatic nitrogens is 2. The summed E-state index contributed by atoms with van der Waals surface area (Å²) >= 11 is 1.13. The van der Waals surface area contributed by atoms with Gasteiger partial charge in [-0.2, -0.15) is 0 Å². The van der Waals surface area contributed by atoms with E-state index in [4.69, 9.17) is 4.42 Å². The van der Waals surface area contributed by atoms with Crippen molar-refractivity contribution in [3.05, 3.63) is 59.4 Å². The molecule has 1 N–H and O–H groups in total. The molecule has 0 aliphatic heterocycles. The number of hydrogen-bond donors (Lipinski definition) is 1. The van der Waals surface area contributed by atoms with Crippen LogP contribution >= 0.6 is 11.8 Å². The number of nitrogens with one attached hydrogen (secondary N) is 1. The maximum Gasteiger partial charge on any atom is 0.277 e. The van der Waals surface area contributed by atoms with E-state index in [0.29, 0.717) is 0 Å². The molecule has 0 unspecified atom stereocenters. The first kappa shape index (κ1) is 18.1. The van der Waals surface area contributed by atoms with Crippen molar-refractivity contribution in [2.75, 3.05) is 5.32 Å². The van der Waals surface area contributed by atoms with Gasteiger partial charge in [-0.25, -0.2) is 4.39 Å². The molecule has 1 heterocycles. The fraction of sp³-hybridized carbons (Fsp3) is 0.211. The monoisotopic (exact) mass is 371 g/mol. The molecule has 3 aromatic rings. The number of anilines is 1. The van der Waals surface area contributed by atoms with E-state index >= 15 is 0 Å². The normalized spacial score (nSPS) is 12.0. The van der Waals surface area contributed by atoms with E-state index < -0.39 is 11.1 Å². The van der Waals surface area contributed by atoms with Crippen LogP contribution in [0.4, 0.5) is 10.1 Å². The maximum atomic E-state index is 13.8. The molecule has 0 saturated heterocycles. The Balaban J connectivity index is 1.69. The molecule has 134 valence electrons. The number of nitrogens with zero attached hydrogens (tertiary/aromatic N) is 2. The molecule has 1 aromatic heterocycles. The Morgan fingerprint density at radius 3 is 2.50 bits per heavy atom. The van der Waals surface area contributed by atoms with Gasteiger partial charge in [0.05, 0.1) is 10.8 Å². The smallest absolute Gasteiger partial charge is 0.277 e. The molecule has 5 nitrogen and oxygen atoms in total. The number of para-hydroxylation sites is 1. The van der Waals surface area contributed by atoms with Crippen LogP contribution in [0.5, 0.6) is 0 Å². The van der Waals surface area contributed by atoms with E-state index in [-0.39, 0.29) is 22.6 Å². The van der Waals surface area contributed by atoms with Gasteiger partial charge in [0.15, 0.2) is 0 Å². The van der Waals surface area contributed by atoms with Crippen molar-refractivity contribution < 1.29 is 13.6 Å². The molecule has 2 aromatic carbocycles. The molecule has 0 bridgehead atoms. The van der Waals surface area contributed by atoms with Crippen molar-refractivity contribution in [3.8, 4) is 11.5 Å². The zero-order valence-corrected chi connectivity index (χ0v) is 15.4. The van der Waals surface area contributed by atoms with E-state index in [0.717, 1.165) is 28.6 Å². The van der Waals surface area contributed by atoms with E-state index in [1.807, 2.05) is 32.0 Å². The first-order chi connectivity index (χ1) is 12.5. The summed E-state index contributed by atoms with van der Waals surface area (Å²) < 4.78 is 19.3. The van der Waals surface area contributed by atoms with Crippen LogP contribution in [0.25, 0.3) is 11.5 Å². The van der Waals surface area contributed by atoms with Crippen molar-refractivity contribution in [3.63, 3.8) is 0 Å². The third kappa shape index (κ3) is 3.94. The largest absolute Gasteiger partial charge is 0.411 e. The van der Waals surface area contributed by atoms with Crippen LogP contribution in [0.2, 0.25) is 0 Å². The van der Waals surface area contributed by atoms with E-state index in [9.17, 15) is 9.18 Å². The number of benzene rings is 2. The lowest BCUT2D eigenvalue weighted by atomic mass is 10.1. The molecule has 1 amide bonds. The molecule has 1 atom stereocenters. The molecule has 0 aliphatic carbocycles. The van der Waals surface area contributed by atoms with Crippen molar-refractivity contribution in [2.24, 2.45) is 0 Å². The third-order valence-electron chi connectivity index (χ3n) is 3.89. The van der Waals surface area contributed by atoms with Crippen LogP contribution in [0.15, 0.2) is 52.1 Å². The molecule has 7 heteroatoms. The van der Waals surface area contributed by atoms with Crippen molar-refractivity contribution in [1.29, 1.82) is 0 Å². The van der Waals surface area contributed by atoms with Crippen LogP contribution in [-0.2, 0) is 4.79 Å². The Morgan fingerprint density at radius 1 is 1.12 bits per heavy atom. The summed E-state index contributed by atoms with van der Waals surface area (Å²) in [7, 11) is 0. The number of thioether (sulfide) groups is 1. The maximum absolute atomic E-state index is 13.8. The highest BCUT2D eigenvalue weighted by atomic mass is 32.2. The first-order valence-electron chi connectivity index (χ1n) is 8.08. The summed E-state index contributed by atoms with van der Waals surface area (Å²) in [6.07, 6.45) is 0. The van der Waals surface area contributed by atoms with Gasteiger partial charge < -0.3 is 9.73 Å². The average molecular weight is 371 g/mol. The van der Waals surface area contributed by atoms with E-state index in [1.165, 1.54) is 6.07 Å². The van der Waals surface area contributed by atoms with Gasteiger partial charge in [-0.3, -0.25) is 4.79 Å². The zero-order valence-electron chi connectivity index (χ0n) is 14.6. The van der Waals surface area contributed by atoms with E-state index in [1.54, 1.807) is 25.1 Å². The van der Waals surface area contributed by atoms with Gasteiger partial charge in [0.2, 0.25) is 5.91 Å². The minimum Gasteiger partial charge on any atom is -0.411 e. The Bertz CT molecular complexity index is 922. The van der Waals surface area contributed by atoms with Gasteiger partial charge in [0.25, 0.3) is 11.1 Å². The highest BCUT2D eigenvalue weighted by molar-refractivity contribution is 8.00. The molecule has 0 aliphatic rings. The molecule has 3 rings (SSSR count). The van der Waals surface area contributed by atoms with Gasteiger partial charge in [-0.05, 0) is 44.0 Å². The van der Waals surface area contributed by atoms with Gasteiger partial charge in [0.1, 0.15) is 5.82 Å². The van der Waals surface area contributed by atoms with Crippen LogP contribution in [-0.4, -0.2) is 21.4 Å². The molecule has 0 saturated carbocycles. The number of aryl methyl sites for hydroxylation is 2. The first-order valence-corrected chi connectivity index (χ1v) is 8.96. The highest BCUT2D eigenvalue weighted by Crippen LogP contribution is 2.28. The lowest BCUT2D eigenvalue weighted by Crippen LogP contribution is -2.23. The van der Waals surface area contributed by atoms with Crippen LogP contribution in [0, 0.1) is 19.7 Å². The van der Waals surface area contributed by atoms with Crippen LogP contribution in [0.1, 0.15) is 18.1 Å². The number of carbonyl (C=O) groups is 1. The predicted molar refractivity (Wildman–Crippen MR) is 99.6 cm³/mol. The highest BCUT2D eigenvalue weighted by Gasteiger charge is 2.20. The minimum absolute atomic E-state index is 0.0907. The SMILES string of the molecule is Cc1cccc(C)c1NC(=O)[C@H](C)Sc1nnc(-c2ccccc2F)o1. The topological polar surface area (TPSA) is 68.0 Å². The lowest BCUT2D eigenvalue weighted by molar-refractivity contribution is -0.115. The Morgan fingerprint density at radius 2 is 1.81 bits per heavy atom. The molecule has 0 radical (unpaired) electrons. The third-order valence-corrected chi connectivity index (χ3v) is 4.82. The van der Waals surface area contributed by atoms with Crippen molar-refractivity contribution >= 4 is 23.4 Å². The summed E-state index contributed by atoms with van der Waals surface area (Å²) in [6, 6.07) is 12.0. The van der Waals surface area contributed by atoms with Crippen molar-refractivity contribution in [1.82, 2.24) is 10.2 Å². The average Bonchev–Trinajstić information content (AvgIpc) is 3.06. The second-order valence-corrected chi connectivity index (χ2v) is 7.16. The summed E-state index contributed by atoms with van der Waals surface area (Å²) in [5, 5.41) is 10.5. The fourth-order valence-corrected chi connectivity index (χ4v) is 3.13. The summed E-state index contributed by atoms with van der Waals surface area (Å²) in [5.74, 6) is -0.514. The van der Waals surface area contributed by atoms with Crippen LogP contribution < -0.4 is 5.32 Å². The number of halogens is 1. The number of rotatable bonds is 5. The van der Waals surface area contributed by atoms with Gasteiger partial charge >= 0.3 is 0 Å². The van der Waals surface area contributed by atoms with Gasteiger partial charge in [0, 0.05) is 5.69 Å². The Hall–Kier alpha value is -2.67. The number of hydrogen-bond acceptors (Lipinski definition) is 5. The lowest BCUT2D eigenvalue weighted by Gasteiger charge is -2.14. The Labute approximate surface area is 155 Å². The molecular formula is C19H18FN3O2S. The predicted octanol–water partition coefficient (Wildman–Crippen LogP) is 4.61. The summed E-state index contributed by atoms with van der Waals surface area (Å²) in [4.78, 5) is 12.5. The summed E-state index contributed by atoms with van der Waals surface area (Å²) in [5.41, 5.74) is 3.03. The second kappa shape index (κ2) is 7.70. The summed E-state index contributed by atoms with van der Waals surface area (Å²) in [6.45, 7) is 5.64. The van der Waals surface area contributed by atoms with Gasteiger partial charge in [-0.1, -0.05) is 42.1 Å². The molecule has 26 heavy (non-hydrogen) atoms.